The largest absolute Gasteiger partial charge is 0.377 e. The Balaban J connectivity index is 1.73. The first-order valence-electron chi connectivity index (χ1n) is 7.77. The summed E-state index contributed by atoms with van der Waals surface area (Å²) in [4.78, 5) is 2.50. The van der Waals surface area contributed by atoms with E-state index in [1.54, 1.807) is 0 Å². The van der Waals surface area contributed by atoms with Gasteiger partial charge in [0.25, 0.3) is 0 Å². The van der Waals surface area contributed by atoms with E-state index in [0.29, 0.717) is 6.10 Å². The molecule has 2 fully saturated rings. The predicted molar refractivity (Wildman–Crippen MR) is 75.9 cm³/mol. The topological polar surface area (TPSA) is 24.5 Å². The summed E-state index contributed by atoms with van der Waals surface area (Å²) in [7, 11) is 4.38. The zero-order valence-electron chi connectivity index (χ0n) is 12.2. The Kier molecular flexibility index (Phi) is 5.93. The molecule has 3 nitrogen and oxygen atoms in total. The summed E-state index contributed by atoms with van der Waals surface area (Å²) in [6.45, 7) is 3.32. The highest BCUT2D eigenvalue weighted by Gasteiger charge is 2.25. The second-order valence-electron chi connectivity index (χ2n) is 6.15. The van der Waals surface area contributed by atoms with Gasteiger partial charge in [0.1, 0.15) is 0 Å². The third-order valence-corrected chi connectivity index (χ3v) is 4.62. The van der Waals surface area contributed by atoms with Crippen molar-refractivity contribution in [3.8, 4) is 0 Å². The van der Waals surface area contributed by atoms with Crippen molar-refractivity contribution >= 4 is 0 Å². The number of nitrogens with zero attached hydrogens (tertiary/aromatic N) is 1. The summed E-state index contributed by atoms with van der Waals surface area (Å²) in [5, 5.41) is 3.51. The first-order chi connectivity index (χ1) is 8.79. The van der Waals surface area contributed by atoms with Crippen molar-refractivity contribution in [2.75, 3.05) is 33.8 Å². The molecule has 1 N–H and O–H groups in total. The van der Waals surface area contributed by atoms with Gasteiger partial charge in [0, 0.05) is 25.7 Å². The molecule has 1 aliphatic heterocycles. The normalized spacial score (nSPS) is 33.8. The molecule has 2 aliphatic rings. The fourth-order valence-corrected chi connectivity index (χ4v) is 3.58. The van der Waals surface area contributed by atoms with Crippen LogP contribution in [0.1, 0.15) is 44.9 Å². The van der Waals surface area contributed by atoms with Gasteiger partial charge in [0.2, 0.25) is 0 Å². The maximum Gasteiger partial charge on any atom is 0.0701 e. The Labute approximate surface area is 112 Å². The third-order valence-electron chi connectivity index (χ3n) is 4.62. The van der Waals surface area contributed by atoms with Gasteiger partial charge >= 0.3 is 0 Å². The number of ether oxygens (including phenoxy) is 1. The Bertz CT molecular complexity index is 229. The summed E-state index contributed by atoms with van der Waals surface area (Å²) >= 11 is 0. The van der Waals surface area contributed by atoms with Crippen molar-refractivity contribution < 1.29 is 4.74 Å². The molecule has 3 atom stereocenters. The fourth-order valence-electron chi connectivity index (χ4n) is 3.58. The third kappa shape index (κ3) is 4.22. The van der Waals surface area contributed by atoms with Gasteiger partial charge in [-0.15, -0.1) is 0 Å². The lowest BCUT2D eigenvalue weighted by atomic mass is 9.84. The Morgan fingerprint density at radius 2 is 1.83 bits per heavy atom. The van der Waals surface area contributed by atoms with E-state index in [0.717, 1.165) is 25.1 Å². The van der Waals surface area contributed by atoms with Gasteiger partial charge in [-0.05, 0) is 52.1 Å². The molecule has 18 heavy (non-hydrogen) atoms. The number of hydrogen-bond donors (Lipinski definition) is 1. The van der Waals surface area contributed by atoms with Gasteiger partial charge in [-0.1, -0.05) is 12.8 Å². The number of nitrogens with one attached hydrogen (secondary N) is 1. The van der Waals surface area contributed by atoms with Crippen LogP contribution in [-0.4, -0.2) is 50.8 Å². The lowest BCUT2D eigenvalue weighted by molar-refractivity contribution is -0.00503. The molecular weight excluding hydrogens is 224 g/mol. The zero-order valence-corrected chi connectivity index (χ0v) is 12.2. The Hall–Kier alpha value is -0.120. The predicted octanol–water partition coefficient (Wildman–Crippen LogP) is 2.27. The quantitative estimate of drug-likeness (QED) is 0.814. The fraction of sp³-hybridized carbons (Fsp3) is 1.00. The minimum absolute atomic E-state index is 0.486. The van der Waals surface area contributed by atoms with Crippen LogP contribution in [0.15, 0.2) is 0 Å². The van der Waals surface area contributed by atoms with Gasteiger partial charge in [0.05, 0.1) is 6.10 Å². The molecule has 1 saturated carbocycles. The molecule has 0 aromatic carbocycles. The van der Waals surface area contributed by atoms with Crippen molar-refractivity contribution in [2.24, 2.45) is 5.92 Å². The molecule has 1 saturated heterocycles. The van der Waals surface area contributed by atoms with Crippen LogP contribution in [0.25, 0.3) is 0 Å². The lowest BCUT2D eigenvalue weighted by Gasteiger charge is -2.35. The molecule has 0 spiro atoms. The Morgan fingerprint density at radius 3 is 2.56 bits per heavy atom. The van der Waals surface area contributed by atoms with E-state index in [4.69, 9.17) is 4.74 Å². The summed E-state index contributed by atoms with van der Waals surface area (Å²) in [6, 6.07) is 0.730. The van der Waals surface area contributed by atoms with Crippen LogP contribution < -0.4 is 5.32 Å². The minimum Gasteiger partial charge on any atom is -0.377 e. The van der Waals surface area contributed by atoms with Crippen LogP contribution in [0.5, 0.6) is 0 Å². The van der Waals surface area contributed by atoms with Crippen molar-refractivity contribution in [3.05, 3.63) is 0 Å². The monoisotopic (exact) mass is 254 g/mol. The van der Waals surface area contributed by atoms with E-state index in [1.807, 2.05) is 0 Å². The van der Waals surface area contributed by atoms with E-state index in [2.05, 4.69) is 24.3 Å². The molecule has 0 aromatic rings. The molecular formula is C15H30N2O. The molecule has 1 aliphatic carbocycles. The van der Waals surface area contributed by atoms with Crippen LogP contribution in [0.4, 0.5) is 0 Å². The van der Waals surface area contributed by atoms with E-state index < -0.39 is 0 Å². The molecule has 106 valence electrons. The summed E-state index contributed by atoms with van der Waals surface area (Å²) in [6.07, 6.45) is 9.90. The standard InChI is InChI=1S/C15H30N2O/c1-16-15-9-4-3-7-13(15)11-17(2)12-14-8-5-6-10-18-14/h13-16H,3-12H2,1-2H3. The molecule has 1 heterocycles. The molecule has 3 unspecified atom stereocenters. The van der Waals surface area contributed by atoms with Crippen molar-refractivity contribution in [1.82, 2.24) is 10.2 Å². The average Bonchev–Trinajstić information content (AvgIpc) is 2.40. The summed E-state index contributed by atoms with van der Waals surface area (Å²) in [5.41, 5.74) is 0. The van der Waals surface area contributed by atoms with E-state index in [-0.39, 0.29) is 0 Å². The average molecular weight is 254 g/mol. The van der Waals surface area contributed by atoms with Gasteiger partial charge in [0.15, 0.2) is 0 Å². The Morgan fingerprint density at radius 1 is 1.06 bits per heavy atom. The van der Waals surface area contributed by atoms with Crippen LogP contribution in [-0.2, 0) is 4.74 Å². The van der Waals surface area contributed by atoms with Crippen LogP contribution >= 0.6 is 0 Å². The minimum atomic E-state index is 0.486. The van der Waals surface area contributed by atoms with E-state index in [9.17, 15) is 0 Å². The smallest absolute Gasteiger partial charge is 0.0701 e. The van der Waals surface area contributed by atoms with Gasteiger partial charge in [-0.2, -0.15) is 0 Å². The molecule has 0 bridgehead atoms. The first kappa shape index (κ1) is 14.3. The summed E-state index contributed by atoms with van der Waals surface area (Å²) < 4.78 is 5.83. The van der Waals surface area contributed by atoms with Crippen LogP contribution in [0.3, 0.4) is 0 Å². The number of hydrogen-bond acceptors (Lipinski definition) is 3. The van der Waals surface area contributed by atoms with Gasteiger partial charge in [-0.3, -0.25) is 0 Å². The lowest BCUT2D eigenvalue weighted by Crippen LogP contribution is -2.44. The van der Waals surface area contributed by atoms with Crippen molar-refractivity contribution in [2.45, 2.75) is 57.1 Å². The molecule has 0 radical (unpaired) electrons. The molecule has 0 amide bonds. The summed E-state index contributed by atoms with van der Waals surface area (Å²) in [5.74, 6) is 0.831. The highest BCUT2D eigenvalue weighted by Crippen LogP contribution is 2.25. The van der Waals surface area contributed by atoms with Crippen LogP contribution in [0.2, 0.25) is 0 Å². The van der Waals surface area contributed by atoms with Gasteiger partial charge in [-0.25, -0.2) is 0 Å². The van der Waals surface area contributed by atoms with Crippen molar-refractivity contribution in [1.29, 1.82) is 0 Å². The second-order valence-corrected chi connectivity index (χ2v) is 6.15. The first-order valence-corrected chi connectivity index (χ1v) is 7.77. The van der Waals surface area contributed by atoms with Crippen LogP contribution in [0, 0.1) is 5.92 Å². The SMILES string of the molecule is CNC1CCCCC1CN(C)CC1CCCCO1. The highest BCUT2D eigenvalue weighted by molar-refractivity contribution is 4.82. The van der Waals surface area contributed by atoms with E-state index >= 15 is 0 Å². The zero-order chi connectivity index (χ0) is 12.8. The van der Waals surface area contributed by atoms with Gasteiger partial charge < -0.3 is 15.0 Å². The second kappa shape index (κ2) is 7.46. The number of rotatable bonds is 5. The molecule has 0 aromatic heterocycles. The molecule has 3 heteroatoms. The maximum atomic E-state index is 5.83. The van der Waals surface area contributed by atoms with Crippen molar-refractivity contribution in [3.63, 3.8) is 0 Å². The van der Waals surface area contributed by atoms with E-state index in [1.165, 1.54) is 51.5 Å². The maximum absolute atomic E-state index is 5.83. The number of likely N-dealkylation sites (N-methyl/N-ethyl adjacent to an activating group) is 1. The molecule has 2 rings (SSSR count). The highest BCUT2D eigenvalue weighted by atomic mass is 16.5.